The first kappa shape index (κ1) is 13.5. The van der Waals surface area contributed by atoms with Crippen LogP contribution in [0.4, 0.5) is 11.4 Å². The largest absolute Gasteiger partial charge is 0.382 e. The van der Waals surface area contributed by atoms with Gasteiger partial charge in [0.05, 0.1) is 17.6 Å². The Bertz CT molecular complexity index is 677. The second-order valence-corrected chi connectivity index (χ2v) is 5.18. The van der Waals surface area contributed by atoms with Gasteiger partial charge in [0.15, 0.2) is 0 Å². The van der Waals surface area contributed by atoms with Gasteiger partial charge in [-0.1, -0.05) is 0 Å². The van der Waals surface area contributed by atoms with Crippen molar-refractivity contribution in [2.24, 2.45) is 7.05 Å². The molecule has 3 N–H and O–H groups in total. The van der Waals surface area contributed by atoms with Crippen molar-refractivity contribution in [3.05, 3.63) is 41.2 Å². The van der Waals surface area contributed by atoms with E-state index in [0.29, 0.717) is 12.1 Å². The van der Waals surface area contributed by atoms with Crippen LogP contribution in [0.5, 0.6) is 0 Å². The highest BCUT2D eigenvalue weighted by Gasteiger charge is 2.12. The molecule has 0 radical (unpaired) electrons. The average Bonchev–Trinajstić information content (AvgIpc) is 2.84. The van der Waals surface area contributed by atoms with E-state index in [1.807, 2.05) is 32.2 Å². The third-order valence-electron chi connectivity index (χ3n) is 3.81. The van der Waals surface area contributed by atoms with E-state index < -0.39 is 0 Å². The van der Waals surface area contributed by atoms with Crippen molar-refractivity contribution < 1.29 is 4.79 Å². The standard InChI is InChI=1S/C15H19N5O/c1-10-12(9-19-20(10)2)8-18-15(21)11-3-4-13-14(7-11)17-6-5-16-13/h3-4,7,9,16-17H,5-6,8H2,1-2H3,(H,18,21). The lowest BCUT2D eigenvalue weighted by Crippen LogP contribution is -2.24. The van der Waals surface area contributed by atoms with Crippen molar-refractivity contribution in [3.8, 4) is 0 Å². The van der Waals surface area contributed by atoms with Crippen molar-refractivity contribution in [3.63, 3.8) is 0 Å². The third kappa shape index (κ3) is 2.69. The molecule has 1 aliphatic rings. The summed E-state index contributed by atoms with van der Waals surface area (Å²) in [5.74, 6) is -0.0755. The molecule has 0 aliphatic carbocycles. The smallest absolute Gasteiger partial charge is 0.251 e. The van der Waals surface area contributed by atoms with E-state index in [2.05, 4.69) is 21.0 Å². The lowest BCUT2D eigenvalue weighted by molar-refractivity contribution is 0.0951. The summed E-state index contributed by atoms with van der Waals surface area (Å²) in [7, 11) is 1.89. The van der Waals surface area contributed by atoms with Crippen LogP contribution in [-0.4, -0.2) is 28.8 Å². The Labute approximate surface area is 123 Å². The molecule has 6 heteroatoms. The number of hydrogen-bond donors (Lipinski definition) is 3. The van der Waals surface area contributed by atoms with Crippen molar-refractivity contribution in [2.45, 2.75) is 13.5 Å². The zero-order valence-electron chi connectivity index (χ0n) is 12.2. The van der Waals surface area contributed by atoms with Crippen LogP contribution in [0, 0.1) is 6.92 Å². The molecule has 0 spiro atoms. The first-order valence-corrected chi connectivity index (χ1v) is 7.02. The highest BCUT2D eigenvalue weighted by Crippen LogP contribution is 2.25. The Hall–Kier alpha value is -2.50. The fourth-order valence-electron chi connectivity index (χ4n) is 2.38. The van der Waals surface area contributed by atoms with Gasteiger partial charge < -0.3 is 16.0 Å². The highest BCUT2D eigenvalue weighted by atomic mass is 16.1. The van der Waals surface area contributed by atoms with E-state index >= 15 is 0 Å². The molecule has 110 valence electrons. The molecule has 21 heavy (non-hydrogen) atoms. The van der Waals surface area contributed by atoms with Gasteiger partial charge in [-0.05, 0) is 25.1 Å². The maximum atomic E-state index is 12.2. The van der Waals surface area contributed by atoms with Crippen LogP contribution in [0.2, 0.25) is 0 Å². The second kappa shape index (κ2) is 5.47. The van der Waals surface area contributed by atoms with Crippen molar-refractivity contribution in [1.82, 2.24) is 15.1 Å². The highest BCUT2D eigenvalue weighted by molar-refractivity contribution is 5.96. The van der Waals surface area contributed by atoms with Crippen LogP contribution in [0.25, 0.3) is 0 Å². The summed E-state index contributed by atoms with van der Waals surface area (Å²) in [6.45, 7) is 4.25. The number of nitrogens with one attached hydrogen (secondary N) is 3. The first-order valence-electron chi connectivity index (χ1n) is 7.02. The summed E-state index contributed by atoms with van der Waals surface area (Å²) in [5.41, 5.74) is 4.77. The number of aromatic nitrogens is 2. The van der Waals surface area contributed by atoms with Crippen LogP contribution in [0.1, 0.15) is 21.6 Å². The molecule has 1 amide bonds. The number of amides is 1. The molecule has 0 atom stereocenters. The van der Waals surface area contributed by atoms with E-state index in [1.165, 1.54) is 0 Å². The topological polar surface area (TPSA) is 71.0 Å². The minimum atomic E-state index is -0.0755. The lowest BCUT2D eigenvalue weighted by atomic mass is 10.1. The fraction of sp³-hybridized carbons (Fsp3) is 0.333. The summed E-state index contributed by atoms with van der Waals surface area (Å²) >= 11 is 0. The van der Waals surface area contributed by atoms with Gasteiger partial charge in [0.1, 0.15) is 0 Å². The zero-order valence-corrected chi connectivity index (χ0v) is 12.2. The number of nitrogens with zero attached hydrogens (tertiary/aromatic N) is 2. The molecule has 2 heterocycles. The zero-order chi connectivity index (χ0) is 14.8. The molecular weight excluding hydrogens is 266 g/mol. The first-order chi connectivity index (χ1) is 10.1. The Morgan fingerprint density at radius 2 is 2.10 bits per heavy atom. The number of rotatable bonds is 3. The van der Waals surface area contributed by atoms with Crippen molar-refractivity contribution in [1.29, 1.82) is 0 Å². The van der Waals surface area contributed by atoms with Gasteiger partial charge in [-0.15, -0.1) is 0 Å². The summed E-state index contributed by atoms with van der Waals surface area (Å²) < 4.78 is 1.80. The van der Waals surface area contributed by atoms with E-state index in [9.17, 15) is 4.79 Å². The Morgan fingerprint density at radius 1 is 1.33 bits per heavy atom. The van der Waals surface area contributed by atoms with Gasteiger partial charge in [-0.25, -0.2) is 0 Å². The molecule has 6 nitrogen and oxygen atoms in total. The Kier molecular flexibility index (Phi) is 3.51. The van der Waals surface area contributed by atoms with Gasteiger partial charge in [0, 0.05) is 43.5 Å². The SMILES string of the molecule is Cc1c(CNC(=O)c2ccc3c(c2)NCCN3)cnn1C. The van der Waals surface area contributed by atoms with Gasteiger partial charge in [-0.2, -0.15) is 5.10 Å². The minimum Gasteiger partial charge on any atom is -0.382 e. The lowest BCUT2D eigenvalue weighted by Gasteiger charge is -2.20. The molecule has 1 aromatic carbocycles. The van der Waals surface area contributed by atoms with Gasteiger partial charge in [-0.3, -0.25) is 9.48 Å². The Morgan fingerprint density at radius 3 is 2.81 bits per heavy atom. The molecule has 2 aromatic rings. The summed E-state index contributed by atoms with van der Waals surface area (Å²) in [6, 6.07) is 5.66. The third-order valence-corrected chi connectivity index (χ3v) is 3.81. The monoisotopic (exact) mass is 285 g/mol. The molecule has 1 aromatic heterocycles. The summed E-state index contributed by atoms with van der Waals surface area (Å²) in [6.07, 6.45) is 1.79. The predicted octanol–water partition coefficient (Wildman–Crippen LogP) is 1.50. The van der Waals surface area contributed by atoms with Crippen LogP contribution in [-0.2, 0) is 13.6 Å². The Balaban J connectivity index is 1.69. The van der Waals surface area contributed by atoms with Gasteiger partial charge >= 0.3 is 0 Å². The summed E-state index contributed by atoms with van der Waals surface area (Å²) in [5, 5.41) is 13.7. The van der Waals surface area contributed by atoms with Crippen molar-refractivity contribution >= 4 is 17.3 Å². The number of benzene rings is 1. The number of carbonyl (C=O) groups excluding carboxylic acids is 1. The number of anilines is 2. The molecule has 0 saturated heterocycles. The van der Waals surface area contributed by atoms with E-state index in [-0.39, 0.29) is 5.91 Å². The fourth-order valence-corrected chi connectivity index (χ4v) is 2.38. The van der Waals surface area contributed by atoms with Gasteiger partial charge in [0.25, 0.3) is 5.91 Å². The van der Waals surface area contributed by atoms with E-state index in [1.54, 1.807) is 10.9 Å². The van der Waals surface area contributed by atoms with Crippen LogP contribution in [0.3, 0.4) is 0 Å². The maximum absolute atomic E-state index is 12.2. The predicted molar refractivity (Wildman–Crippen MR) is 82.5 cm³/mol. The van der Waals surface area contributed by atoms with E-state index in [0.717, 1.165) is 35.7 Å². The quantitative estimate of drug-likeness (QED) is 0.799. The number of hydrogen-bond acceptors (Lipinski definition) is 4. The van der Waals surface area contributed by atoms with Crippen LogP contribution < -0.4 is 16.0 Å². The molecule has 0 saturated carbocycles. The van der Waals surface area contributed by atoms with E-state index in [4.69, 9.17) is 0 Å². The normalized spacial score (nSPS) is 13.0. The molecule has 1 aliphatic heterocycles. The average molecular weight is 285 g/mol. The van der Waals surface area contributed by atoms with Gasteiger partial charge in [0.2, 0.25) is 0 Å². The molecular formula is C15H19N5O. The number of aryl methyl sites for hydroxylation is 1. The molecule has 3 rings (SSSR count). The number of carbonyl (C=O) groups is 1. The van der Waals surface area contributed by atoms with Crippen molar-refractivity contribution in [2.75, 3.05) is 23.7 Å². The van der Waals surface area contributed by atoms with Crippen LogP contribution in [0.15, 0.2) is 24.4 Å². The number of fused-ring (bicyclic) bond motifs is 1. The van der Waals surface area contributed by atoms with Crippen LogP contribution >= 0.6 is 0 Å². The molecule has 0 fully saturated rings. The maximum Gasteiger partial charge on any atom is 0.251 e. The second-order valence-electron chi connectivity index (χ2n) is 5.18. The summed E-state index contributed by atoms with van der Waals surface area (Å²) in [4.78, 5) is 12.2. The molecule has 0 bridgehead atoms. The minimum absolute atomic E-state index is 0.0755. The molecule has 0 unspecified atom stereocenters.